The molecule has 238 valence electrons. The number of fused-ring (bicyclic) bond motifs is 4. The average Bonchev–Trinajstić information content (AvgIpc) is 3.79. The van der Waals surface area contributed by atoms with Gasteiger partial charge in [0.25, 0.3) is 11.8 Å². The molecule has 46 heavy (non-hydrogen) atoms. The molecule has 0 bridgehead atoms. The SMILES string of the molecule is COc1cc2c(cc1NC(=O)C1CCC(C(=O)Nc3cc4c(cc3OC)C(=O)N3CCC[C@H]3C=N4)N1C)N=C[C@@H]1CC=CN1C2=O. The van der Waals surface area contributed by atoms with Gasteiger partial charge in [-0.05, 0) is 63.4 Å². The van der Waals surface area contributed by atoms with Crippen LogP contribution in [0.5, 0.6) is 11.5 Å². The Bertz CT molecular complexity index is 1740. The number of likely N-dealkylation sites (N-methyl/N-ethyl adjacent to an activating group) is 1. The monoisotopic (exact) mass is 625 g/mol. The van der Waals surface area contributed by atoms with Crippen molar-refractivity contribution in [1.82, 2.24) is 14.7 Å². The number of likely N-dealkylation sites (tertiary alicyclic amines) is 1. The highest BCUT2D eigenvalue weighted by atomic mass is 16.5. The lowest BCUT2D eigenvalue weighted by Crippen LogP contribution is -2.45. The fourth-order valence-electron chi connectivity index (χ4n) is 6.95. The van der Waals surface area contributed by atoms with E-state index < -0.39 is 12.1 Å². The molecule has 0 spiro atoms. The molecule has 5 heterocycles. The Morgan fingerprint density at radius 1 is 0.804 bits per heavy atom. The van der Waals surface area contributed by atoms with Gasteiger partial charge >= 0.3 is 0 Å². The first-order chi connectivity index (χ1) is 22.3. The number of ether oxygens (including phenoxy) is 2. The topological polar surface area (TPSA) is 145 Å². The summed E-state index contributed by atoms with van der Waals surface area (Å²) >= 11 is 0. The summed E-state index contributed by atoms with van der Waals surface area (Å²) in [6.45, 7) is 0.683. The molecule has 0 radical (unpaired) electrons. The van der Waals surface area contributed by atoms with Crippen molar-refractivity contribution in [2.75, 3.05) is 38.4 Å². The molecule has 5 aliphatic rings. The predicted molar refractivity (Wildman–Crippen MR) is 172 cm³/mol. The first-order valence-corrected chi connectivity index (χ1v) is 15.4. The molecule has 4 amide bonds. The van der Waals surface area contributed by atoms with E-state index in [0.717, 1.165) is 12.8 Å². The number of rotatable bonds is 6. The van der Waals surface area contributed by atoms with E-state index in [-0.39, 0.29) is 35.7 Å². The Kier molecular flexibility index (Phi) is 7.55. The Balaban J connectivity index is 1.06. The second kappa shape index (κ2) is 11.7. The highest BCUT2D eigenvalue weighted by molar-refractivity contribution is 6.07. The van der Waals surface area contributed by atoms with Gasteiger partial charge in [-0.25, -0.2) is 0 Å². The lowest BCUT2D eigenvalue weighted by molar-refractivity contribution is -0.123. The summed E-state index contributed by atoms with van der Waals surface area (Å²) in [6.07, 6.45) is 10.6. The molecule has 0 aromatic heterocycles. The summed E-state index contributed by atoms with van der Waals surface area (Å²) in [5.74, 6) is -0.195. The van der Waals surface area contributed by atoms with Crippen LogP contribution in [0.4, 0.5) is 22.7 Å². The lowest BCUT2D eigenvalue weighted by atomic mass is 10.1. The van der Waals surface area contributed by atoms with E-state index in [9.17, 15) is 19.2 Å². The van der Waals surface area contributed by atoms with Crippen LogP contribution in [0.2, 0.25) is 0 Å². The van der Waals surface area contributed by atoms with Gasteiger partial charge in [-0.2, -0.15) is 0 Å². The zero-order chi connectivity index (χ0) is 32.1. The number of methoxy groups -OCH3 is 2. The number of amides is 4. The standard InChI is InChI=1S/C33H35N7O6/c1-38-26(30(41)36-24-14-22-20(12-28(24)45-2)32(43)39-10-4-6-18(39)16-34-22)8-9-27(38)31(42)37-25-15-23-21(13-29(25)46-3)33(44)40-11-5-7-19(40)17-35-23/h4,10,12-19,26-27H,5-9,11H2,1-3H3,(H,36,41)(H,37,42)/t18-,19-,26?,27?/m0/s1. The maximum atomic E-state index is 13.6. The molecule has 13 heteroatoms. The van der Waals surface area contributed by atoms with Gasteiger partial charge in [0.15, 0.2) is 0 Å². The first-order valence-electron chi connectivity index (χ1n) is 15.4. The maximum absolute atomic E-state index is 13.6. The van der Waals surface area contributed by atoms with Crippen LogP contribution in [0.3, 0.4) is 0 Å². The van der Waals surface area contributed by atoms with Gasteiger partial charge < -0.3 is 29.9 Å². The van der Waals surface area contributed by atoms with Crippen molar-refractivity contribution >= 4 is 58.8 Å². The van der Waals surface area contributed by atoms with E-state index in [4.69, 9.17) is 9.47 Å². The van der Waals surface area contributed by atoms with Crippen molar-refractivity contribution < 1.29 is 28.7 Å². The number of nitrogens with zero attached hydrogens (tertiary/aromatic N) is 5. The minimum absolute atomic E-state index is 0.0322. The summed E-state index contributed by atoms with van der Waals surface area (Å²) in [5, 5.41) is 5.88. The van der Waals surface area contributed by atoms with Gasteiger partial charge in [0.05, 0.1) is 72.3 Å². The highest BCUT2D eigenvalue weighted by Crippen LogP contribution is 2.39. The summed E-state index contributed by atoms with van der Waals surface area (Å²) in [5.41, 5.74) is 2.54. The number of benzene rings is 2. The molecule has 7 rings (SSSR count). The number of hydrogen-bond acceptors (Lipinski definition) is 9. The smallest absolute Gasteiger partial charge is 0.260 e. The van der Waals surface area contributed by atoms with Gasteiger partial charge in [-0.1, -0.05) is 6.08 Å². The molecule has 0 saturated carbocycles. The van der Waals surface area contributed by atoms with Crippen LogP contribution in [0.15, 0.2) is 46.5 Å². The molecule has 2 unspecified atom stereocenters. The number of hydrogen-bond donors (Lipinski definition) is 2. The quantitative estimate of drug-likeness (QED) is 0.500. The third-order valence-corrected chi connectivity index (χ3v) is 9.48. The number of anilines is 2. The van der Waals surface area contributed by atoms with Crippen molar-refractivity contribution in [2.45, 2.75) is 56.3 Å². The van der Waals surface area contributed by atoms with Crippen molar-refractivity contribution in [3.8, 4) is 11.5 Å². The number of aliphatic imine (C=N–C) groups is 2. The average molecular weight is 626 g/mol. The minimum atomic E-state index is -0.593. The minimum Gasteiger partial charge on any atom is -0.495 e. The zero-order valence-corrected chi connectivity index (χ0v) is 25.9. The van der Waals surface area contributed by atoms with Crippen LogP contribution in [0.1, 0.15) is 52.8 Å². The van der Waals surface area contributed by atoms with Crippen molar-refractivity contribution in [3.63, 3.8) is 0 Å². The molecule has 4 atom stereocenters. The molecular weight excluding hydrogens is 590 g/mol. The molecule has 2 saturated heterocycles. The molecule has 0 aliphatic carbocycles. The van der Waals surface area contributed by atoms with E-state index in [2.05, 4.69) is 20.6 Å². The van der Waals surface area contributed by atoms with Crippen LogP contribution >= 0.6 is 0 Å². The summed E-state index contributed by atoms with van der Waals surface area (Å²) in [4.78, 5) is 67.8. The van der Waals surface area contributed by atoms with Crippen LogP contribution in [-0.4, -0.2) is 103 Å². The second-order valence-electron chi connectivity index (χ2n) is 12.1. The molecule has 13 nitrogen and oxygen atoms in total. The molecule has 2 fully saturated rings. The Labute approximate surface area is 265 Å². The van der Waals surface area contributed by atoms with Crippen molar-refractivity contribution in [1.29, 1.82) is 0 Å². The summed E-state index contributed by atoms with van der Waals surface area (Å²) < 4.78 is 11.1. The van der Waals surface area contributed by atoms with E-state index in [1.54, 1.807) is 59.7 Å². The van der Waals surface area contributed by atoms with Gasteiger partial charge in [0.2, 0.25) is 11.8 Å². The van der Waals surface area contributed by atoms with Gasteiger partial charge in [0.1, 0.15) is 11.5 Å². The van der Waals surface area contributed by atoms with Crippen LogP contribution in [-0.2, 0) is 9.59 Å². The molecule has 2 N–H and O–H groups in total. The summed E-state index contributed by atoms with van der Waals surface area (Å²) in [6, 6.07) is 5.19. The van der Waals surface area contributed by atoms with Crippen LogP contribution in [0.25, 0.3) is 0 Å². The molecule has 2 aromatic rings. The number of carbonyl (C=O) groups excluding carboxylic acids is 4. The third kappa shape index (κ3) is 5.00. The molecule has 2 aromatic carbocycles. The van der Waals surface area contributed by atoms with E-state index in [0.29, 0.717) is 71.2 Å². The van der Waals surface area contributed by atoms with Gasteiger partial charge in [0, 0.05) is 25.2 Å². The third-order valence-electron chi connectivity index (χ3n) is 9.48. The normalized spacial score (nSPS) is 24.6. The lowest BCUT2D eigenvalue weighted by Gasteiger charge is -2.25. The number of nitrogens with one attached hydrogen (secondary N) is 2. The Hall–Kier alpha value is -5.04. The van der Waals surface area contributed by atoms with Crippen molar-refractivity contribution in [3.05, 3.63) is 47.7 Å². The van der Waals surface area contributed by atoms with Gasteiger partial charge in [-0.15, -0.1) is 0 Å². The second-order valence-corrected chi connectivity index (χ2v) is 12.1. The molecule has 5 aliphatic heterocycles. The van der Waals surface area contributed by atoms with E-state index in [1.165, 1.54) is 14.2 Å². The van der Waals surface area contributed by atoms with Gasteiger partial charge in [-0.3, -0.25) is 34.1 Å². The fraction of sp³-hybridized carbons (Fsp3) is 0.394. The number of carbonyl (C=O) groups is 4. The zero-order valence-electron chi connectivity index (χ0n) is 25.9. The van der Waals surface area contributed by atoms with Crippen LogP contribution in [0, 0.1) is 0 Å². The maximum Gasteiger partial charge on any atom is 0.260 e. The first kappa shape index (κ1) is 29.7. The fourth-order valence-corrected chi connectivity index (χ4v) is 6.95. The highest BCUT2D eigenvalue weighted by Gasteiger charge is 2.40. The van der Waals surface area contributed by atoms with Crippen molar-refractivity contribution in [2.24, 2.45) is 9.98 Å². The molecular formula is C33H35N7O6. The van der Waals surface area contributed by atoms with Crippen LogP contribution < -0.4 is 20.1 Å². The summed E-state index contributed by atoms with van der Waals surface area (Å²) in [7, 11) is 4.70. The largest absolute Gasteiger partial charge is 0.495 e. The van der Waals surface area contributed by atoms with E-state index in [1.807, 2.05) is 11.0 Å². The predicted octanol–water partition coefficient (Wildman–Crippen LogP) is 3.51. The Morgan fingerprint density at radius 2 is 1.37 bits per heavy atom. The Morgan fingerprint density at radius 3 is 1.96 bits per heavy atom. The van der Waals surface area contributed by atoms with E-state index >= 15 is 0 Å².